The van der Waals surface area contributed by atoms with Crippen molar-refractivity contribution in [2.24, 2.45) is 0 Å². The van der Waals surface area contributed by atoms with Crippen LogP contribution in [0.15, 0.2) is 0 Å². The van der Waals surface area contributed by atoms with Crippen LogP contribution in [0.4, 0.5) is 26.7 Å². The Balaban J connectivity index is 2.68. The molecule has 1 atom stereocenters. The first kappa shape index (κ1) is 16.9. The zero-order valence-electron chi connectivity index (χ0n) is 10.8. The number of nitrogens with zero attached hydrogens (tertiary/aromatic N) is 1. The fourth-order valence-corrected chi connectivity index (χ4v) is 1.86. The van der Waals surface area contributed by atoms with Gasteiger partial charge in [-0.3, -0.25) is 0 Å². The van der Waals surface area contributed by atoms with E-state index in [1.54, 1.807) is 0 Å². The first-order valence-corrected chi connectivity index (χ1v) is 6.14. The van der Waals surface area contributed by atoms with Crippen LogP contribution >= 0.6 is 0 Å². The molecular formula is C11H16F5NO3. The van der Waals surface area contributed by atoms with E-state index in [0.717, 1.165) is 6.42 Å². The summed E-state index contributed by atoms with van der Waals surface area (Å²) in [6.07, 6.45) is -6.43. The zero-order valence-corrected chi connectivity index (χ0v) is 10.8. The van der Waals surface area contributed by atoms with E-state index in [2.05, 4.69) is 0 Å². The number of amides is 1. The maximum absolute atomic E-state index is 13.2. The van der Waals surface area contributed by atoms with Gasteiger partial charge in [-0.15, -0.1) is 0 Å². The molecule has 4 nitrogen and oxygen atoms in total. The molecule has 1 fully saturated rings. The van der Waals surface area contributed by atoms with Gasteiger partial charge in [0.1, 0.15) is 0 Å². The van der Waals surface area contributed by atoms with Gasteiger partial charge in [-0.1, -0.05) is 13.3 Å². The van der Waals surface area contributed by atoms with Gasteiger partial charge >= 0.3 is 18.2 Å². The molecule has 1 amide bonds. The molecule has 0 spiro atoms. The average molecular weight is 305 g/mol. The largest absolute Gasteiger partial charge is 0.456 e. The molecule has 1 rings (SSSR count). The number of unbranched alkanes of at least 4 members (excludes halogenated alkanes) is 1. The number of carbonyl (C=O) groups is 1. The first-order chi connectivity index (χ1) is 9.05. The summed E-state index contributed by atoms with van der Waals surface area (Å²) in [7, 11) is 0. The van der Waals surface area contributed by atoms with Crippen molar-refractivity contribution in [3.05, 3.63) is 0 Å². The van der Waals surface area contributed by atoms with Crippen molar-refractivity contribution >= 4 is 6.09 Å². The van der Waals surface area contributed by atoms with Crippen LogP contribution in [0.5, 0.6) is 0 Å². The third-order valence-corrected chi connectivity index (χ3v) is 3.17. The van der Waals surface area contributed by atoms with Crippen LogP contribution in [-0.4, -0.2) is 53.5 Å². The SMILES string of the molecule is CCCCOC(=O)N1CCC(O)(C(F)(F)C(F)(F)F)C1. The minimum Gasteiger partial charge on any atom is -0.449 e. The predicted molar refractivity (Wildman–Crippen MR) is 58.4 cm³/mol. The Labute approximate surface area is 112 Å². The lowest BCUT2D eigenvalue weighted by Crippen LogP contribution is -2.58. The number of rotatable bonds is 4. The smallest absolute Gasteiger partial charge is 0.449 e. The third kappa shape index (κ3) is 3.13. The molecule has 20 heavy (non-hydrogen) atoms. The fourth-order valence-electron chi connectivity index (χ4n) is 1.86. The summed E-state index contributed by atoms with van der Waals surface area (Å²) >= 11 is 0. The van der Waals surface area contributed by atoms with Crippen LogP contribution < -0.4 is 0 Å². The summed E-state index contributed by atoms with van der Waals surface area (Å²) in [5, 5.41) is 9.53. The number of alkyl halides is 5. The molecule has 1 N–H and O–H groups in total. The van der Waals surface area contributed by atoms with Crippen LogP contribution in [0, 0.1) is 0 Å². The van der Waals surface area contributed by atoms with Crippen LogP contribution in [0.3, 0.4) is 0 Å². The summed E-state index contributed by atoms with van der Waals surface area (Å²) in [6.45, 7) is 0.379. The topological polar surface area (TPSA) is 49.8 Å². The van der Waals surface area contributed by atoms with E-state index in [9.17, 15) is 31.9 Å². The summed E-state index contributed by atoms with van der Waals surface area (Å²) in [6, 6.07) is 0. The van der Waals surface area contributed by atoms with Crippen molar-refractivity contribution < 1.29 is 36.6 Å². The molecule has 0 radical (unpaired) electrons. The minimum absolute atomic E-state index is 0.0555. The van der Waals surface area contributed by atoms with Gasteiger partial charge in [0.05, 0.1) is 13.2 Å². The monoisotopic (exact) mass is 305 g/mol. The van der Waals surface area contributed by atoms with Crippen molar-refractivity contribution in [3.63, 3.8) is 0 Å². The predicted octanol–water partition coefficient (Wildman–Crippen LogP) is 2.56. The van der Waals surface area contributed by atoms with Crippen molar-refractivity contribution in [1.82, 2.24) is 4.90 Å². The number of β-amino-alcohol motifs (C(OH)–C–C–N with tert-alkyl or cyclic N) is 1. The highest BCUT2D eigenvalue weighted by molar-refractivity contribution is 5.68. The second-order valence-corrected chi connectivity index (χ2v) is 4.74. The highest BCUT2D eigenvalue weighted by Gasteiger charge is 2.71. The molecular weight excluding hydrogens is 289 g/mol. The van der Waals surface area contributed by atoms with E-state index in [4.69, 9.17) is 4.74 Å². The van der Waals surface area contributed by atoms with Gasteiger partial charge in [-0.05, 0) is 6.42 Å². The fraction of sp³-hybridized carbons (Fsp3) is 0.909. The second-order valence-electron chi connectivity index (χ2n) is 4.74. The number of ether oxygens (including phenoxy) is 1. The minimum atomic E-state index is -5.87. The molecule has 0 bridgehead atoms. The highest BCUT2D eigenvalue weighted by Crippen LogP contribution is 2.47. The van der Waals surface area contributed by atoms with Gasteiger partial charge in [0.15, 0.2) is 5.60 Å². The van der Waals surface area contributed by atoms with Gasteiger partial charge in [0, 0.05) is 13.0 Å². The number of hydrogen-bond acceptors (Lipinski definition) is 3. The molecule has 0 saturated carbocycles. The molecule has 1 unspecified atom stereocenters. The summed E-state index contributed by atoms with van der Waals surface area (Å²) in [5.74, 6) is -5.28. The Morgan fingerprint density at radius 1 is 1.35 bits per heavy atom. The number of halogens is 5. The lowest BCUT2D eigenvalue weighted by atomic mass is 9.94. The van der Waals surface area contributed by atoms with Crippen molar-refractivity contribution in [1.29, 1.82) is 0 Å². The quantitative estimate of drug-likeness (QED) is 0.641. The van der Waals surface area contributed by atoms with Gasteiger partial charge in [-0.25, -0.2) is 4.79 Å². The Morgan fingerprint density at radius 3 is 2.45 bits per heavy atom. The summed E-state index contributed by atoms with van der Waals surface area (Å²) in [5.41, 5.74) is -3.31. The molecule has 0 aromatic heterocycles. The molecule has 0 aromatic rings. The maximum atomic E-state index is 13.2. The maximum Gasteiger partial charge on any atom is 0.456 e. The van der Waals surface area contributed by atoms with Gasteiger partial charge in [0.25, 0.3) is 0 Å². The standard InChI is InChI=1S/C11H16F5NO3/c1-2-3-6-20-8(18)17-5-4-9(19,7-17)10(12,13)11(14,15)16/h19H,2-7H2,1H3. The lowest BCUT2D eigenvalue weighted by Gasteiger charge is -2.33. The normalized spacial score (nSPS) is 24.1. The van der Waals surface area contributed by atoms with E-state index >= 15 is 0 Å². The van der Waals surface area contributed by atoms with Crippen LogP contribution in [0.1, 0.15) is 26.2 Å². The van der Waals surface area contributed by atoms with Crippen molar-refractivity contribution in [2.75, 3.05) is 19.7 Å². The van der Waals surface area contributed by atoms with Crippen LogP contribution in [-0.2, 0) is 4.74 Å². The molecule has 9 heteroatoms. The number of hydrogen-bond donors (Lipinski definition) is 1. The molecule has 0 aromatic carbocycles. The summed E-state index contributed by atoms with van der Waals surface area (Å²) in [4.78, 5) is 12.1. The molecule has 1 aliphatic rings. The van der Waals surface area contributed by atoms with E-state index in [0.29, 0.717) is 11.3 Å². The number of likely N-dealkylation sites (tertiary alicyclic amines) is 1. The number of carbonyl (C=O) groups excluding carboxylic acids is 1. The Morgan fingerprint density at radius 2 is 1.95 bits per heavy atom. The van der Waals surface area contributed by atoms with E-state index in [1.165, 1.54) is 0 Å². The Bertz CT molecular complexity index is 360. The third-order valence-electron chi connectivity index (χ3n) is 3.17. The Kier molecular flexibility index (Phi) is 4.83. The zero-order chi connectivity index (χ0) is 15.6. The van der Waals surface area contributed by atoms with E-state index in [-0.39, 0.29) is 6.61 Å². The van der Waals surface area contributed by atoms with E-state index < -0.39 is 43.3 Å². The molecule has 118 valence electrons. The first-order valence-electron chi connectivity index (χ1n) is 6.14. The lowest BCUT2D eigenvalue weighted by molar-refractivity contribution is -0.338. The van der Waals surface area contributed by atoms with Gasteiger partial charge in [-0.2, -0.15) is 22.0 Å². The average Bonchev–Trinajstić information content (AvgIpc) is 2.72. The number of aliphatic hydroxyl groups is 1. The molecule has 1 heterocycles. The Hall–Kier alpha value is -1.12. The van der Waals surface area contributed by atoms with Gasteiger partial charge in [0.2, 0.25) is 0 Å². The van der Waals surface area contributed by atoms with Gasteiger partial charge < -0.3 is 14.7 Å². The second kappa shape index (κ2) is 5.71. The van der Waals surface area contributed by atoms with E-state index in [1.807, 2.05) is 6.92 Å². The van der Waals surface area contributed by atoms with Crippen molar-refractivity contribution in [3.8, 4) is 0 Å². The molecule has 0 aliphatic carbocycles. The molecule has 1 aliphatic heterocycles. The van der Waals surface area contributed by atoms with Crippen molar-refractivity contribution in [2.45, 2.75) is 43.9 Å². The summed E-state index contributed by atoms with van der Waals surface area (Å²) < 4.78 is 67.9. The van der Waals surface area contributed by atoms with Crippen LogP contribution in [0.2, 0.25) is 0 Å². The van der Waals surface area contributed by atoms with Crippen LogP contribution in [0.25, 0.3) is 0 Å². The molecule has 1 saturated heterocycles. The highest BCUT2D eigenvalue weighted by atomic mass is 19.4.